The van der Waals surface area contributed by atoms with Crippen molar-refractivity contribution in [3.05, 3.63) is 64.7 Å². The lowest BCUT2D eigenvalue weighted by molar-refractivity contribution is 0.306. The average Bonchev–Trinajstić information content (AvgIpc) is 3.08. The van der Waals surface area contributed by atoms with Crippen molar-refractivity contribution in [2.45, 2.75) is 33.0 Å². The standard InChI is InChI=1S/C18H20ClN5O/c1-2-11-24-22-18(21-23-24)20-12-14-5-9-17(10-6-14)25-13-15-3-7-16(19)8-4-15/h3-10H,2,11-13H2,1H3,(H,20,22). The number of benzene rings is 2. The molecule has 0 bridgehead atoms. The van der Waals surface area contributed by atoms with E-state index in [2.05, 4.69) is 27.7 Å². The smallest absolute Gasteiger partial charge is 0.263 e. The minimum atomic E-state index is 0.513. The minimum Gasteiger partial charge on any atom is -0.489 e. The van der Waals surface area contributed by atoms with Gasteiger partial charge >= 0.3 is 0 Å². The fourth-order valence-electron chi connectivity index (χ4n) is 2.24. The molecule has 0 aliphatic carbocycles. The van der Waals surface area contributed by atoms with E-state index in [4.69, 9.17) is 16.3 Å². The number of hydrogen-bond donors (Lipinski definition) is 1. The molecule has 1 N–H and O–H groups in total. The van der Waals surface area contributed by atoms with Crippen LogP contribution in [0.2, 0.25) is 5.02 Å². The zero-order valence-electron chi connectivity index (χ0n) is 14.0. The van der Waals surface area contributed by atoms with E-state index in [1.807, 2.05) is 48.5 Å². The maximum Gasteiger partial charge on any atom is 0.263 e. The van der Waals surface area contributed by atoms with E-state index < -0.39 is 0 Å². The molecule has 1 aromatic heterocycles. The van der Waals surface area contributed by atoms with Crippen LogP contribution in [0.1, 0.15) is 24.5 Å². The molecule has 0 unspecified atom stereocenters. The molecular weight excluding hydrogens is 338 g/mol. The highest BCUT2D eigenvalue weighted by molar-refractivity contribution is 6.30. The van der Waals surface area contributed by atoms with Gasteiger partial charge in [-0.25, -0.2) is 0 Å². The van der Waals surface area contributed by atoms with Crippen molar-refractivity contribution in [3.8, 4) is 5.75 Å². The van der Waals surface area contributed by atoms with Crippen LogP contribution < -0.4 is 10.1 Å². The number of ether oxygens (including phenoxy) is 1. The fraction of sp³-hybridized carbons (Fsp3) is 0.278. The van der Waals surface area contributed by atoms with Crippen LogP contribution in [0.15, 0.2) is 48.5 Å². The predicted octanol–water partition coefficient (Wildman–Crippen LogP) is 3.93. The van der Waals surface area contributed by atoms with Crippen LogP contribution in [0.25, 0.3) is 0 Å². The first-order chi connectivity index (χ1) is 12.2. The van der Waals surface area contributed by atoms with Gasteiger partial charge in [0.05, 0.1) is 6.54 Å². The van der Waals surface area contributed by atoms with E-state index in [0.717, 1.165) is 34.9 Å². The summed E-state index contributed by atoms with van der Waals surface area (Å²) in [5, 5.41) is 16.1. The first-order valence-corrected chi connectivity index (χ1v) is 8.58. The van der Waals surface area contributed by atoms with Crippen molar-refractivity contribution in [3.63, 3.8) is 0 Å². The van der Waals surface area contributed by atoms with Crippen LogP contribution >= 0.6 is 11.6 Å². The Morgan fingerprint density at radius 1 is 1.04 bits per heavy atom. The third kappa shape index (κ3) is 5.19. The fourth-order valence-corrected chi connectivity index (χ4v) is 2.37. The Morgan fingerprint density at radius 3 is 2.48 bits per heavy atom. The van der Waals surface area contributed by atoms with Crippen molar-refractivity contribution in [1.29, 1.82) is 0 Å². The van der Waals surface area contributed by atoms with Gasteiger partial charge in [0, 0.05) is 11.6 Å². The van der Waals surface area contributed by atoms with Crippen LogP contribution in [0, 0.1) is 0 Å². The predicted molar refractivity (Wildman–Crippen MR) is 97.7 cm³/mol. The van der Waals surface area contributed by atoms with Gasteiger partial charge in [-0.1, -0.05) is 47.9 Å². The Bertz CT molecular complexity index is 786. The average molecular weight is 358 g/mol. The summed E-state index contributed by atoms with van der Waals surface area (Å²) in [4.78, 5) is 1.59. The SMILES string of the molecule is CCCn1nnc(NCc2ccc(OCc3ccc(Cl)cc3)cc2)n1. The van der Waals surface area contributed by atoms with Gasteiger partial charge in [0.2, 0.25) is 0 Å². The summed E-state index contributed by atoms with van der Waals surface area (Å²) in [6, 6.07) is 15.6. The first kappa shape index (κ1) is 17.2. The minimum absolute atomic E-state index is 0.513. The molecule has 0 atom stereocenters. The molecular formula is C18H20ClN5O. The number of anilines is 1. The summed E-state index contributed by atoms with van der Waals surface area (Å²) in [6.45, 7) is 4.00. The molecule has 0 spiro atoms. The second kappa shape index (κ2) is 8.48. The van der Waals surface area contributed by atoms with Gasteiger partial charge < -0.3 is 10.1 Å². The van der Waals surface area contributed by atoms with Crippen molar-refractivity contribution in [2.75, 3.05) is 5.32 Å². The molecule has 0 aliphatic rings. The number of halogens is 1. The third-order valence-corrected chi connectivity index (χ3v) is 3.82. The lowest BCUT2D eigenvalue weighted by Gasteiger charge is -2.08. The molecule has 25 heavy (non-hydrogen) atoms. The molecule has 130 valence electrons. The highest BCUT2D eigenvalue weighted by atomic mass is 35.5. The van der Waals surface area contributed by atoms with Crippen LogP contribution in [-0.2, 0) is 19.7 Å². The molecule has 0 saturated heterocycles. The highest BCUT2D eigenvalue weighted by Gasteiger charge is 2.02. The number of hydrogen-bond acceptors (Lipinski definition) is 5. The van der Waals surface area contributed by atoms with Gasteiger partial charge in [0.15, 0.2) is 0 Å². The largest absolute Gasteiger partial charge is 0.489 e. The van der Waals surface area contributed by atoms with Crippen molar-refractivity contribution in [1.82, 2.24) is 20.2 Å². The molecule has 0 saturated carbocycles. The number of aryl methyl sites for hydroxylation is 1. The Morgan fingerprint density at radius 2 is 1.76 bits per heavy atom. The number of tetrazole rings is 1. The van der Waals surface area contributed by atoms with Crippen molar-refractivity contribution in [2.24, 2.45) is 0 Å². The van der Waals surface area contributed by atoms with Gasteiger partial charge in [0.25, 0.3) is 5.95 Å². The van der Waals surface area contributed by atoms with Crippen LogP contribution in [0.3, 0.4) is 0 Å². The topological polar surface area (TPSA) is 64.9 Å². The molecule has 6 nitrogen and oxygen atoms in total. The van der Waals surface area contributed by atoms with Crippen molar-refractivity contribution >= 4 is 17.5 Å². The van der Waals surface area contributed by atoms with Gasteiger partial charge in [-0.15, -0.1) is 5.10 Å². The number of nitrogens with zero attached hydrogens (tertiary/aromatic N) is 4. The zero-order valence-corrected chi connectivity index (χ0v) is 14.8. The summed E-state index contributed by atoms with van der Waals surface area (Å²) < 4.78 is 5.78. The summed E-state index contributed by atoms with van der Waals surface area (Å²) in [7, 11) is 0. The van der Waals surface area contributed by atoms with Crippen LogP contribution in [-0.4, -0.2) is 20.2 Å². The maximum atomic E-state index is 5.88. The van der Waals surface area contributed by atoms with Crippen molar-refractivity contribution < 1.29 is 4.74 Å². The van der Waals surface area contributed by atoms with Gasteiger partial charge in [-0.05, 0) is 47.0 Å². The third-order valence-electron chi connectivity index (χ3n) is 3.57. The zero-order chi connectivity index (χ0) is 17.5. The summed E-state index contributed by atoms with van der Waals surface area (Å²) in [6.07, 6.45) is 0.979. The molecule has 0 amide bonds. The molecule has 0 aliphatic heterocycles. The Kier molecular flexibility index (Phi) is 5.85. The maximum absolute atomic E-state index is 5.88. The number of aromatic nitrogens is 4. The van der Waals surface area contributed by atoms with E-state index in [9.17, 15) is 0 Å². The number of rotatable bonds is 8. The lowest BCUT2D eigenvalue weighted by atomic mass is 10.2. The Balaban J connectivity index is 1.48. The molecule has 7 heteroatoms. The second-order valence-corrected chi connectivity index (χ2v) is 6.06. The molecule has 0 fully saturated rings. The van der Waals surface area contributed by atoms with E-state index in [1.54, 1.807) is 4.80 Å². The molecule has 0 radical (unpaired) electrons. The Hall–Kier alpha value is -2.60. The molecule has 1 heterocycles. The summed E-state index contributed by atoms with van der Waals surface area (Å²) in [5.74, 6) is 1.36. The quantitative estimate of drug-likeness (QED) is 0.661. The normalized spacial score (nSPS) is 10.6. The summed E-state index contributed by atoms with van der Waals surface area (Å²) >= 11 is 5.88. The number of nitrogens with one attached hydrogen (secondary N) is 1. The molecule has 3 aromatic rings. The second-order valence-electron chi connectivity index (χ2n) is 5.62. The van der Waals surface area contributed by atoms with Gasteiger partial charge in [-0.3, -0.25) is 0 Å². The lowest BCUT2D eigenvalue weighted by Crippen LogP contribution is -2.03. The first-order valence-electron chi connectivity index (χ1n) is 8.21. The monoisotopic (exact) mass is 357 g/mol. The van der Waals surface area contributed by atoms with Gasteiger partial charge in [0.1, 0.15) is 12.4 Å². The Labute approximate surface area is 151 Å². The van der Waals surface area contributed by atoms with Gasteiger partial charge in [-0.2, -0.15) is 4.80 Å². The van der Waals surface area contributed by atoms with E-state index in [-0.39, 0.29) is 0 Å². The van der Waals surface area contributed by atoms with Crippen LogP contribution in [0.5, 0.6) is 5.75 Å². The highest BCUT2D eigenvalue weighted by Crippen LogP contribution is 2.16. The van der Waals surface area contributed by atoms with E-state index in [1.165, 1.54) is 0 Å². The molecule has 3 rings (SSSR count). The summed E-state index contributed by atoms with van der Waals surface area (Å²) in [5.41, 5.74) is 2.20. The van der Waals surface area contributed by atoms with Crippen LogP contribution in [0.4, 0.5) is 5.95 Å². The van der Waals surface area contributed by atoms with E-state index in [0.29, 0.717) is 19.1 Å². The van der Waals surface area contributed by atoms with E-state index >= 15 is 0 Å². The molecule has 2 aromatic carbocycles.